The third-order valence-electron chi connectivity index (χ3n) is 4.20. The summed E-state index contributed by atoms with van der Waals surface area (Å²) in [6.45, 7) is 0. The Balaban J connectivity index is 1.88. The van der Waals surface area contributed by atoms with E-state index in [1.165, 1.54) is 28.9 Å². The Morgan fingerprint density at radius 2 is 1.81 bits per heavy atom. The molecule has 1 aromatic carbocycles. The lowest BCUT2D eigenvalue weighted by Gasteiger charge is -2.12. The first kappa shape index (κ1) is 15.3. The number of nitrogens with zero attached hydrogens (tertiary/aromatic N) is 7. The summed E-state index contributed by atoms with van der Waals surface area (Å²) in [7, 11) is 0. The van der Waals surface area contributed by atoms with Crippen molar-refractivity contribution in [3.63, 3.8) is 0 Å². The van der Waals surface area contributed by atoms with Crippen LogP contribution in [0.5, 0.6) is 0 Å². The number of hydrogen-bond donors (Lipinski definition) is 1. The molecule has 10 heteroatoms. The highest BCUT2D eigenvalue weighted by molar-refractivity contribution is 5.82. The summed E-state index contributed by atoms with van der Waals surface area (Å²) in [6.07, 6.45) is 4.81. The largest absolute Gasteiger partial charge is 0.380 e. The Kier molecular flexibility index (Phi) is 3.13. The number of halogens is 2. The van der Waals surface area contributed by atoms with E-state index in [0.717, 1.165) is 0 Å². The third-order valence-corrected chi connectivity index (χ3v) is 4.20. The Morgan fingerprint density at radius 3 is 2.63 bits per heavy atom. The zero-order valence-corrected chi connectivity index (χ0v) is 13.6. The average molecular weight is 364 g/mol. The number of nitrogens with two attached hydrogens (primary N) is 1. The first-order valence-electron chi connectivity index (χ1n) is 7.88. The fourth-order valence-corrected chi connectivity index (χ4v) is 3.01. The van der Waals surface area contributed by atoms with Crippen LogP contribution in [0.1, 0.15) is 0 Å². The van der Waals surface area contributed by atoms with E-state index >= 15 is 0 Å². The number of fused-ring (bicyclic) bond motifs is 2. The number of tetrazole rings is 1. The minimum atomic E-state index is -0.513. The molecule has 132 valence electrons. The van der Waals surface area contributed by atoms with Gasteiger partial charge >= 0.3 is 0 Å². The molecule has 0 saturated carbocycles. The standard InChI is InChI=1S/C17H10F2N8/c18-11-3-1-9(2-4-11)13-14(27-17(15(20)22-13)23-24-25-27)10-7-12(19)16-21-5-6-26(16)8-10/h1-8H,(H2,20,22). The molecule has 0 aliphatic heterocycles. The van der Waals surface area contributed by atoms with E-state index in [1.54, 1.807) is 28.9 Å². The molecular weight excluding hydrogens is 354 g/mol. The summed E-state index contributed by atoms with van der Waals surface area (Å²) >= 11 is 0. The summed E-state index contributed by atoms with van der Waals surface area (Å²) in [4.78, 5) is 8.37. The van der Waals surface area contributed by atoms with E-state index in [1.807, 2.05) is 0 Å². The van der Waals surface area contributed by atoms with Gasteiger partial charge in [0.2, 0.25) is 5.65 Å². The lowest BCUT2D eigenvalue weighted by molar-refractivity contribution is 0.628. The van der Waals surface area contributed by atoms with Crippen LogP contribution in [0.2, 0.25) is 0 Å². The number of hydrogen-bond acceptors (Lipinski definition) is 6. The van der Waals surface area contributed by atoms with Gasteiger partial charge in [-0.15, -0.1) is 5.10 Å². The molecular formula is C17H10F2N8. The van der Waals surface area contributed by atoms with Crippen LogP contribution in [0.25, 0.3) is 33.8 Å². The zero-order chi connectivity index (χ0) is 18.5. The Labute approximate surface area is 149 Å². The van der Waals surface area contributed by atoms with E-state index in [4.69, 9.17) is 5.73 Å². The number of nitrogen functional groups attached to an aromatic ring is 1. The van der Waals surface area contributed by atoms with Crippen molar-refractivity contribution < 1.29 is 8.78 Å². The van der Waals surface area contributed by atoms with Crippen molar-refractivity contribution in [3.8, 4) is 22.5 Å². The summed E-state index contributed by atoms with van der Waals surface area (Å²) < 4.78 is 30.8. The van der Waals surface area contributed by atoms with Crippen molar-refractivity contribution in [1.82, 2.24) is 34.4 Å². The summed E-state index contributed by atoms with van der Waals surface area (Å²) in [5.74, 6) is -0.796. The fraction of sp³-hybridized carbons (Fsp3) is 0. The van der Waals surface area contributed by atoms with Crippen LogP contribution in [0, 0.1) is 11.6 Å². The van der Waals surface area contributed by atoms with Crippen molar-refractivity contribution in [2.24, 2.45) is 0 Å². The van der Waals surface area contributed by atoms with Crippen molar-refractivity contribution in [2.45, 2.75) is 0 Å². The van der Waals surface area contributed by atoms with E-state index in [0.29, 0.717) is 22.5 Å². The van der Waals surface area contributed by atoms with Gasteiger partial charge in [-0.3, -0.25) is 0 Å². The van der Waals surface area contributed by atoms with Crippen LogP contribution in [0.3, 0.4) is 0 Å². The maximum atomic E-state index is 14.5. The van der Waals surface area contributed by atoms with E-state index in [2.05, 4.69) is 25.5 Å². The van der Waals surface area contributed by atoms with Gasteiger partial charge in [-0.25, -0.2) is 18.7 Å². The SMILES string of the molecule is Nc1nc(-c2ccc(F)cc2)c(-c2cc(F)c3nccn3c2)n2nnnc12. The first-order valence-corrected chi connectivity index (χ1v) is 7.88. The van der Waals surface area contributed by atoms with Crippen LogP contribution in [0.15, 0.2) is 48.9 Å². The molecule has 0 saturated heterocycles. The second-order valence-corrected chi connectivity index (χ2v) is 5.85. The Hall–Kier alpha value is -3.95. The monoisotopic (exact) mass is 364 g/mol. The molecule has 0 unspecified atom stereocenters. The molecule has 0 bridgehead atoms. The highest BCUT2D eigenvalue weighted by Crippen LogP contribution is 2.33. The predicted molar refractivity (Wildman–Crippen MR) is 92.5 cm³/mol. The first-order chi connectivity index (χ1) is 13.1. The van der Waals surface area contributed by atoms with Crippen molar-refractivity contribution in [3.05, 3.63) is 60.6 Å². The molecule has 0 aliphatic carbocycles. The molecule has 2 N–H and O–H groups in total. The molecule has 0 atom stereocenters. The normalized spacial score (nSPS) is 11.5. The summed E-state index contributed by atoms with van der Waals surface area (Å²) in [5, 5.41) is 11.5. The molecule has 0 aliphatic rings. The van der Waals surface area contributed by atoms with Gasteiger partial charge in [0.1, 0.15) is 11.5 Å². The molecule has 8 nitrogen and oxygen atoms in total. The number of pyridine rings is 1. The van der Waals surface area contributed by atoms with Crippen LogP contribution in [0.4, 0.5) is 14.6 Å². The molecule has 27 heavy (non-hydrogen) atoms. The molecule has 5 aromatic rings. The molecule has 4 heterocycles. The van der Waals surface area contributed by atoms with Gasteiger partial charge in [0.15, 0.2) is 17.3 Å². The van der Waals surface area contributed by atoms with Crippen molar-refractivity contribution >= 4 is 17.1 Å². The highest BCUT2D eigenvalue weighted by atomic mass is 19.1. The molecule has 0 fully saturated rings. The Bertz CT molecular complexity index is 1310. The van der Waals surface area contributed by atoms with Gasteiger partial charge in [-0.05, 0) is 40.8 Å². The topological polar surface area (TPSA) is 99.3 Å². The van der Waals surface area contributed by atoms with Crippen LogP contribution >= 0.6 is 0 Å². The quantitative estimate of drug-likeness (QED) is 0.516. The van der Waals surface area contributed by atoms with Gasteiger partial charge in [0.25, 0.3) is 0 Å². The van der Waals surface area contributed by atoms with Crippen molar-refractivity contribution in [2.75, 3.05) is 5.73 Å². The lowest BCUT2D eigenvalue weighted by atomic mass is 10.0. The van der Waals surface area contributed by atoms with Gasteiger partial charge in [0, 0.05) is 29.7 Å². The molecule has 4 aromatic heterocycles. The molecule has 0 radical (unpaired) electrons. The average Bonchev–Trinajstić information content (AvgIpc) is 3.32. The second-order valence-electron chi connectivity index (χ2n) is 5.85. The number of imidazole rings is 1. The molecule has 5 rings (SSSR count). The molecule has 0 amide bonds. The lowest BCUT2D eigenvalue weighted by Crippen LogP contribution is -2.06. The van der Waals surface area contributed by atoms with Crippen LogP contribution in [-0.4, -0.2) is 34.4 Å². The fourth-order valence-electron chi connectivity index (χ4n) is 3.01. The van der Waals surface area contributed by atoms with E-state index in [9.17, 15) is 8.78 Å². The number of anilines is 1. The number of aromatic nitrogens is 7. The second kappa shape index (κ2) is 5.53. The van der Waals surface area contributed by atoms with Gasteiger partial charge < -0.3 is 10.1 Å². The zero-order valence-electron chi connectivity index (χ0n) is 13.6. The van der Waals surface area contributed by atoms with E-state index < -0.39 is 5.82 Å². The van der Waals surface area contributed by atoms with Crippen LogP contribution in [-0.2, 0) is 0 Å². The predicted octanol–water partition coefficient (Wildman–Crippen LogP) is 2.36. The number of rotatable bonds is 2. The maximum Gasteiger partial charge on any atom is 0.222 e. The molecule has 0 spiro atoms. The third kappa shape index (κ3) is 2.30. The van der Waals surface area contributed by atoms with Gasteiger partial charge in [0.05, 0.1) is 5.69 Å². The van der Waals surface area contributed by atoms with Crippen molar-refractivity contribution in [1.29, 1.82) is 0 Å². The summed E-state index contributed by atoms with van der Waals surface area (Å²) in [6, 6.07) is 7.05. The minimum Gasteiger partial charge on any atom is -0.380 e. The number of benzene rings is 1. The maximum absolute atomic E-state index is 14.5. The minimum absolute atomic E-state index is 0.104. The van der Waals surface area contributed by atoms with Gasteiger partial charge in [-0.1, -0.05) is 0 Å². The highest BCUT2D eigenvalue weighted by Gasteiger charge is 2.20. The van der Waals surface area contributed by atoms with Gasteiger partial charge in [-0.2, -0.15) is 4.52 Å². The van der Waals surface area contributed by atoms with Crippen LogP contribution < -0.4 is 5.73 Å². The summed E-state index contributed by atoms with van der Waals surface area (Å²) in [5.41, 5.74) is 8.27. The Morgan fingerprint density at radius 1 is 1.00 bits per heavy atom. The smallest absolute Gasteiger partial charge is 0.222 e. The van der Waals surface area contributed by atoms with E-state index in [-0.39, 0.29) is 22.9 Å².